The lowest BCUT2D eigenvalue weighted by Gasteiger charge is -2.20. The van der Waals surface area contributed by atoms with Crippen LogP contribution in [0, 0.1) is 0 Å². The van der Waals surface area contributed by atoms with Crippen LogP contribution in [-0.2, 0) is 6.42 Å². The number of pyridine rings is 1. The maximum atomic E-state index is 12.1. The van der Waals surface area contributed by atoms with E-state index in [1.165, 1.54) is 5.56 Å². The van der Waals surface area contributed by atoms with Gasteiger partial charge in [-0.1, -0.05) is 19.1 Å². The van der Waals surface area contributed by atoms with Gasteiger partial charge >= 0.3 is 6.01 Å². The van der Waals surface area contributed by atoms with E-state index in [0.29, 0.717) is 16.7 Å². The number of nitrogens with one attached hydrogen (secondary N) is 1. The molecule has 140 valence electrons. The van der Waals surface area contributed by atoms with Gasteiger partial charge in [0, 0.05) is 24.6 Å². The van der Waals surface area contributed by atoms with E-state index >= 15 is 0 Å². The fraction of sp³-hybridized carbons (Fsp3) is 0.136. The van der Waals surface area contributed by atoms with E-state index in [0.717, 1.165) is 17.8 Å². The Hall–Kier alpha value is -3.67. The molecule has 0 aliphatic rings. The molecule has 2 heterocycles. The standard InChI is InChI=1S/C22H20N4O2/c1-3-15-5-4-6-17(13-15)26(2)16-7-9-18(10-8-16)28-22-24-20-14-23-12-11-19(20)21(27)25-22/h4-14H,3H2,1-2H3,(H,24,25,27). The zero-order chi connectivity index (χ0) is 19.5. The topological polar surface area (TPSA) is 71.1 Å². The zero-order valence-electron chi connectivity index (χ0n) is 15.7. The molecule has 0 unspecified atom stereocenters. The van der Waals surface area contributed by atoms with Crippen molar-refractivity contribution in [2.45, 2.75) is 13.3 Å². The van der Waals surface area contributed by atoms with Gasteiger partial charge in [0.05, 0.1) is 17.1 Å². The highest BCUT2D eigenvalue weighted by Gasteiger charge is 2.08. The largest absolute Gasteiger partial charge is 0.426 e. The van der Waals surface area contributed by atoms with Crippen LogP contribution in [0.25, 0.3) is 10.9 Å². The molecule has 0 aliphatic carbocycles. The van der Waals surface area contributed by atoms with Crippen molar-refractivity contribution in [2.24, 2.45) is 0 Å². The monoisotopic (exact) mass is 372 g/mol. The highest BCUT2D eigenvalue weighted by atomic mass is 16.5. The number of anilines is 2. The van der Waals surface area contributed by atoms with Crippen LogP contribution in [-0.4, -0.2) is 22.0 Å². The molecule has 0 atom stereocenters. The van der Waals surface area contributed by atoms with Crippen molar-refractivity contribution in [3.05, 3.63) is 82.9 Å². The Balaban J connectivity index is 1.56. The fourth-order valence-corrected chi connectivity index (χ4v) is 3.00. The number of hydrogen-bond acceptors (Lipinski definition) is 5. The number of hydrogen-bond donors (Lipinski definition) is 1. The smallest absolute Gasteiger partial charge is 0.302 e. The van der Waals surface area contributed by atoms with Crippen LogP contribution >= 0.6 is 0 Å². The molecule has 4 rings (SSSR count). The van der Waals surface area contributed by atoms with Crippen molar-refractivity contribution in [1.29, 1.82) is 0 Å². The highest BCUT2D eigenvalue weighted by molar-refractivity contribution is 5.76. The summed E-state index contributed by atoms with van der Waals surface area (Å²) in [4.78, 5) is 25.2. The molecule has 2 aromatic heterocycles. The van der Waals surface area contributed by atoms with Gasteiger partial charge in [-0.3, -0.25) is 14.8 Å². The molecular weight excluding hydrogens is 352 g/mol. The third-order valence-corrected chi connectivity index (χ3v) is 4.63. The van der Waals surface area contributed by atoms with Gasteiger partial charge in [-0.05, 0) is 54.4 Å². The first-order valence-electron chi connectivity index (χ1n) is 9.08. The molecule has 28 heavy (non-hydrogen) atoms. The van der Waals surface area contributed by atoms with Crippen LogP contribution in [0.2, 0.25) is 0 Å². The van der Waals surface area contributed by atoms with Gasteiger partial charge in [0.25, 0.3) is 5.56 Å². The molecule has 0 amide bonds. The van der Waals surface area contributed by atoms with E-state index in [2.05, 4.69) is 51.0 Å². The Bertz CT molecular complexity index is 1170. The second-order valence-corrected chi connectivity index (χ2v) is 6.44. The van der Waals surface area contributed by atoms with E-state index in [-0.39, 0.29) is 11.6 Å². The normalized spacial score (nSPS) is 10.8. The number of fused-ring (bicyclic) bond motifs is 1. The molecule has 0 aliphatic heterocycles. The Labute approximate surface area is 162 Å². The lowest BCUT2D eigenvalue weighted by molar-refractivity contribution is 0.443. The Kier molecular flexibility index (Phi) is 4.76. The average molecular weight is 372 g/mol. The summed E-state index contributed by atoms with van der Waals surface area (Å²) in [5.41, 5.74) is 3.69. The average Bonchev–Trinajstić information content (AvgIpc) is 2.74. The number of H-pyrrole nitrogens is 1. The zero-order valence-corrected chi connectivity index (χ0v) is 15.7. The van der Waals surface area contributed by atoms with Crippen LogP contribution in [0.3, 0.4) is 0 Å². The van der Waals surface area contributed by atoms with Crippen LogP contribution in [0.4, 0.5) is 11.4 Å². The predicted octanol–water partition coefficient (Wildman–Crippen LogP) is 4.44. The summed E-state index contributed by atoms with van der Waals surface area (Å²) < 4.78 is 5.73. The van der Waals surface area contributed by atoms with Gasteiger partial charge < -0.3 is 9.64 Å². The Morgan fingerprint density at radius 1 is 1.07 bits per heavy atom. The van der Waals surface area contributed by atoms with Crippen molar-refractivity contribution >= 4 is 22.3 Å². The SMILES string of the molecule is CCc1cccc(N(C)c2ccc(Oc3nc4cnccc4c(=O)[nH]3)cc2)c1. The number of benzene rings is 2. The minimum Gasteiger partial charge on any atom is -0.426 e. The first-order chi connectivity index (χ1) is 13.6. The van der Waals surface area contributed by atoms with Crippen molar-refractivity contribution in [2.75, 3.05) is 11.9 Å². The first-order valence-corrected chi connectivity index (χ1v) is 9.08. The van der Waals surface area contributed by atoms with Gasteiger partial charge in [0.1, 0.15) is 5.75 Å². The number of aryl methyl sites for hydroxylation is 1. The van der Waals surface area contributed by atoms with Gasteiger partial charge in [0.15, 0.2) is 0 Å². The summed E-state index contributed by atoms with van der Waals surface area (Å²) in [6.07, 6.45) is 4.10. The van der Waals surface area contributed by atoms with Crippen molar-refractivity contribution < 1.29 is 4.74 Å². The third-order valence-electron chi connectivity index (χ3n) is 4.63. The van der Waals surface area contributed by atoms with Crippen molar-refractivity contribution in [3.8, 4) is 11.8 Å². The Morgan fingerprint density at radius 3 is 2.68 bits per heavy atom. The molecule has 6 nitrogen and oxygen atoms in total. The molecule has 0 radical (unpaired) electrons. The molecular formula is C22H20N4O2. The molecule has 4 aromatic rings. The van der Waals surface area contributed by atoms with E-state index < -0.39 is 0 Å². The highest BCUT2D eigenvalue weighted by Crippen LogP contribution is 2.27. The number of aromatic nitrogens is 3. The maximum Gasteiger partial charge on any atom is 0.302 e. The number of rotatable bonds is 5. The fourth-order valence-electron chi connectivity index (χ4n) is 3.00. The number of aromatic amines is 1. The lowest BCUT2D eigenvalue weighted by atomic mass is 10.1. The summed E-state index contributed by atoms with van der Waals surface area (Å²) in [6.45, 7) is 2.15. The summed E-state index contributed by atoms with van der Waals surface area (Å²) in [5, 5.41) is 0.480. The van der Waals surface area contributed by atoms with Gasteiger partial charge in [-0.15, -0.1) is 0 Å². The third kappa shape index (κ3) is 3.57. The van der Waals surface area contributed by atoms with Crippen LogP contribution in [0.15, 0.2) is 71.8 Å². The molecule has 2 aromatic carbocycles. The molecule has 1 N–H and O–H groups in total. The summed E-state index contributed by atoms with van der Waals surface area (Å²) in [6, 6.07) is 17.9. The summed E-state index contributed by atoms with van der Waals surface area (Å²) in [5.74, 6) is 0.589. The van der Waals surface area contributed by atoms with Crippen molar-refractivity contribution in [3.63, 3.8) is 0 Å². The molecule has 0 saturated heterocycles. The van der Waals surface area contributed by atoms with Crippen LogP contribution in [0.1, 0.15) is 12.5 Å². The second-order valence-electron chi connectivity index (χ2n) is 6.44. The second kappa shape index (κ2) is 7.52. The molecule has 6 heteroatoms. The van der Waals surface area contributed by atoms with Gasteiger partial charge in [0.2, 0.25) is 0 Å². The van der Waals surface area contributed by atoms with Crippen LogP contribution < -0.4 is 15.2 Å². The van der Waals surface area contributed by atoms with E-state index in [1.807, 2.05) is 31.3 Å². The molecule has 0 fully saturated rings. The minimum absolute atomic E-state index is 0.141. The summed E-state index contributed by atoms with van der Waals surface area (Å²) in [7, 11) is 2.03. The quantitative estimate of drug-likeness (QED) is 0.561. The first kappa shape index (κ1) is 17.7. The molecule has 0 bridgehead atoms. The van der Waals surface area contributed by atoms with Crippen molar-refractivity contribution in [1.82, 2.24) is 15.0 Å². The van der Waals surface area contributed by atoms with Gasteiger partial charge in [-0.2, -0.15) is 4.98 Å². The van der Waals surface area contributed by atoms with E-state index in [4.69, 9.17) is 4.74 Å². The molecule has 0 saturated carbocycles. The molecule has 0 spiro atoms. The Morgan fingerprint density at radius 2 is 1.89 bits per heavy atom. The maximum absolute atomic E-state index is 12.1. The van der Waals surface area contributed by atoms with E-state index in [9.17, 15) is 4.79 Å². The number of nitrogens with zero attached hydrogens (tertiary/aromatic N) is 3. The minimum atomic E-state index is -0.255. The predicted molar refractivity (Wildman–Crippen MR) is 111 cm³/mol. The summed E-state index contributed by atoms with van der Waals surface area (Å²) >= 11 is 0. The lowest BCUT2D eigenvalue weighted by Crippen LogP contribution is -2.10. The van der Waals surface area contributed by atoms with Crippen LogP contribution in [0.5, 0.6) is 11.8 Å². The van der Waals surface area contributed by atoms with Gasteiger partial charge in [-0.25, -0.2) is 0 Å². The number of ether oxygens (including phenoxy) is 1. The van der Waals surface area contributed by atoms with E-state index in [1.54, 1.807) is 18.5 Å².